The van der Waals surface area contributed by atoms with Crippen molar-refractivity contribution in [2.24, 2.45) is 0 Å². The number of rotatable bonds is 5. The Hall–Kier alpha value is -1.23. The van der Waals surface area contributed by atoms with Crippen LogP contribution in [0.25, 0.3) is 0 Å². The highest BCUT2D eigenvalue weighted by Gasteiger charge is 2.11. The minimum absolute atomic E-state index is 0.0666. The van der Waals surface area contributed by atoms with Crippen LogP contribution in [0.3, 0.4) is 0 Å². The molecule has 0 saturated heterocycles. The Labute approximate surface area is 116 Å². The van der Waals surface area contributed by atoms with Gasteiger partial charge in [-0.1, -0.05) is 0 Å². The molecule has 18 heavy (non-hydrogen) atoms. The number of methoxy groups -OCH3 is 1. The number of halogens is 1. The van der Waals surface area contributed by atoms with Crippen molar-refractivity contribution in [1.29, 1.82) is 0 Å². The van der Waals surface area contributed by atoms with E-state index in [9.17, 15) is 4.79 Å². The third-order valence-corrected chi connectivity index (χ3v) is 3.38. The summed E-state index contributed by atoms with van der Waals surface area (Å²) < 4.78 is 6.01. The van der Waals surface area contributed by atoms with Gasteiger partial charge >= 0.3 is 0 Å². The monoisotopic (exact) mass is 314 g/mol. The summed E-state index contributed by atoms with van der Waals surface area (Å²) in [6.07, 6.45) is 0. The summed E-state index contributed by atoms with van der Waals surface area (Å²) in [5, 5.41) is 3.10. The fourth-order valence-corrected chi connectivity index (χ4v) is 1.91. The van der Waals surface area contributed by atoms with Crippen molar-refractivity contribution in [2.75, 3.05) is 26.0 Å². The van der Waals surface area contributed by atoms with Crippen LogP contribution >= 0.6 is 15.9 Å². The zero-order chi connectivity index (χ0) is 13.7. The average Bonchev–Trinajstić information content (AvgIpc) is 2.35. The third-order valence-electron chi connectivity index (χ3n) is 2.76. The van der Waals surface area contributed by atoms with Crippen LogP contribution in [0.5, 0.6) is 5.75 Å². The minimum Gasteiger partial charge on any atom is -0.496 e. The number of amides is 1. The second kappa shape index (κ2) is 6.64. The third kappa shape index (κ3) is 3.91. The van der Waals surface area contributed by atoms with E-state index >= 15 is 0 Å². The molecule has 1 rings (SSSR count). The van der Waals surface area contributed by atoms with Gasteiger partial charge in [0.2, 0.25) is 5.91 Å². The van der Waals surface area contributed by atoms with E-state index < -0.39 is 0 Å². The molecule has 0 aliphatic heterocycles. The Morgan fingerprint density at radius 3 is 2.67 bits per heavy atom. The molecule has 0 fully saturated rings. The first-order valence-electron chi connectivity index (χ1n) is 5.78. The second-order valence-corrected chi connectivity index (χ2v) is 5.16. The molecule has 0 aliphatic carbocycles. The standard InChI is InChI=1S/C13H19BrN2O2/c1-9(2)16(3)13(17)8-15-10-5-6-12(18-4)11(14)7-10/h5-7,9,15H,8H2,1-4H3. The average molecular weight is 315 g/mol. The summed E-state index contributed by atoms with van der Waals surface area (Å²) in [4.78, 5) is 13.5. The maximum atomic E-state index is 11.8. The van der Waals surface area contributed by atoms with E-state index in [1.807, 2.05) is 32.0 Å². The number of hydrogen-bond donors (Lipinski definition) is 1. The number of carbonyl (C=O) groups is 1. The number of hydrogen-bond acceptors (Lipinski definition) is 3. The largest absolute Gasteiger partial charge is 0.496 e. The van der Waals surface area contributed by atoms with Crippen LogP contribution < -0.4 is 10.1 Å². The number of nitrogens with zero attached hydrogens (tertiary/aromatic N) is 1. The van der Waals surface area contributed by atoms with Crippen LogP contribution in [0.2, 0.25) is 0 Å². The van der Waals surface area contributed by atoms with Crippen LogP contribution in [0.4, 0.5) is 5.69 Å². The summed E-state index contributed by atoms with van der Waals surface area (Å²) in [7, 11) is 3.42. The fraction of sp³-hybridized carbons (Fsp3) is 0.462. The molecule has 0 aliphatic rings. The SMILES string of the molecule is COc1ccc(NCC(=O)N(C)C(C)C)cc1Br. The normalized spacial score (nSPS) is 10.3. The summed E-state index contributed by atoms with van der Waals surface area (Å²) in [5.74, 6) is 0.836. The molecule has 0 spiro atoms. The first-order chi connectivity index (χ1) is 8.45. The van der Waals surface area contributed by atoms with E-state index in [1.54, 1.807) is 19.1 Å². The van der Waals surface area contributed by atoms with E-state index in [1.165, 1.54) is 0 Å². The number of nitrogens with one attached hydrogen (secondary N) is 1. The fourth-order valence-electron chi connectivity index (χ4n) is 1.37. The van der Waals surface area contributed by atoms with Crippen molar-refractivity contribution in [3.8, 4) is 5.75 Å². The van der Waals surface area contributed by atoms with Gasteiger partial charge in [-0.15, -0.1) is 0 Å². The highest BCUT2D eigenvalue weighted by molar-refractivity contribution is 9.10. The van der Waals surface area contributed by atoms with Crippen LogP contribution in [-0.4, -0.2) is 37.6 Å². The Morgan fingerprint density at radius 2 is 2.17 bits per heavy atom. The zero-order valence-electron chi connectivity index (χ0n) is 11.2. The first-order valence-corrected chi connectivity index (χ1v) is 6.58. The van der Waals surface area contributed by atoms with E-state index in [4.69, 9.17) is 4.74 Å². The number of anilines is 1. The van der Waals surface area contributed by atoms with Gasteiger partial charge in [0.1, 0.15) is 5.75 Å². The van der Waals surface area contributed by atoms with Crippen LogP contribution in [0.1, 0.15) is 13.8 Å². The Morgan fingerprint density at radius 1 is 1.50 bits per heavy atom. The van der Waals surface area contributed by atoms with Crippen molar-refractivity contribution in [1.82, 2.24) is 4.90 Å². The van der Waals surface area contributed by atoms with Crippen LogP contribution in [0, 0.1) is 0 Å². The Balaban J connectivity index is 2.59. The predicted molar refractivity (Wildman–Crippen MR) is 77.1 cm³/mol. The maximum Gasteiger partial charge on any atom is 0.241 e. The van der Waals surface area contributed by atoms with Crippen molar-refractivity contribution >= 4 is 27.5 Å². The molecule has 0 atom stereocenters. The lowest BCUT2D eigenvalue weighted by atomic mass is 10.3. The van der Waals surface area contributed by atoms with Gasteiger partial charge in [0, 0.05) is 18.8 Å². The molecule has 1 amide bonds. The van der Waals surface area contributed by atoms with Gasteiger partial charge in [0.15, 0.2) is 0 Å². The van der Waals surface area contributed by atoms with Gasteiger partial charge in [-0.25, -0.2) is 0 Å². The van der Waals surface area contributed by atoms with Crippen LogP contribution in [-0.2, 0) is 4.79 Å². The van der Waals surface area contributed by atoms with Gasteiger partial charge in [-0.05, 0) is 48.0 Å². The lowest BCUT2D eigenvalue weighted by Gasteiger charge is -2.21. The number of carbonyl (C=O) groups excluding carboxylic acids is 1. The van der Waals surface area contributed by atoms with Gasteiger partial charge in [-0.2, -0.15) is 0 Å². The zero-order valence-corrected chi connectivity index (χ0v) is 12.7. The van der Waals surface area contributed by atoms with Gasteiger partial charge in [-0.3, -0.25) is 4.79 Å². The highest BCUT2D eigenvalue weighted by atomic mass is 79.9. The van der Waals surface area contributed by atoms with Crippen molar-refractivity contribution in [3.63, 3.8) is 0 Å². The summed E-state index contributed by atoms with van der Waals surface area (Å²) >= 11 is 3.41. The maximum absolute atomic E-state index is 11.8. The van der Waals surface area contributed by atoms with Gasteiger partial charge < -0.3 is 15.0 Å². The molecule has 0 radical (unpaired) electrons. The quantitative estimate of drug-likeness (QED) is 0.908. The van der Waals surface area contributed by atoms with E-state index in [2.05, 4.69) is 21.2 Å². The molecule has 1 aromatic carbocycles. The molecule has 1 N–H and O–H groups in total. The molecule has 0 bridgehead atoms. The Bertz CT molecular complexity index is 421. The molecule has 0 saturated carbocycles. The lowest BCUT2D eigenvalue weighted by Crippen LogP contribution is -2.37. The van der Waals surface area contributed by atoms with E-state index in [-0.39, 0.29) is 18.5 Å². The van der Waals surface area contributed by atoms with Gasteiger partial charge in [0.05, 0.1) is 18.1 Å². The highest BCUT2D eigenvalue weighted by Crippen LogP contribution is 2.27. The topological polar surface area (TPSA) is 41.6 Å². The minimum atomic E-state index is 0.0666. The molecule has 0 unspecified atom stereocenters. The first kappa shape index (κ1) is 14.8. The van der Waals surface area contributed by atoms with Crippen LogP contribution in [0.15, 0.2) is 22.7 Å². The van der Waals surface area contributed by atoms with Crippen molar-refractivity contribution in [3.05, 3.63) is 22.7 Å². The lowest BCUT2D eigenvalue weighted by molar-refractivity contribution is -0.129. The molecule has 5 heteroatoms. The molecule has 4 nitrogen and oxygen atoms in total. The molecule has 100 valence electrons. The number of benzene rings is 1. The molecule has 1 aromatic rings. The second-order valence-electron chi connectivity index (χ2n) is 4.30. The molecule has 0 aromatic heterocycles. The molecular formula is C13H19BrN2O2. The number of ether oxygens (including phenoxy) is 1. The van der Waals surface area contributed by atoms with E-state index in [0.717, 1.165) is 15.9 Å². The Kier molecular flexibility index (Phi) is 5.47. The smallest absolute Gasteiger partial charge is 0.241 e. The molecular weight excluding hydrogens is 296 g/mol. The number of likely N-dealkylation sites (N-methyl/N-ethyl adjacent to an activating group) is 1. The summed E-state index contributed by atoms with van der Waals surface area (Å²) in [5.41, 5.74) is 0.883. The van der Waals surface area contributed by atoms with Crippen molar-refractivity contribution in [2.45, 2.75) is 19.9 Å². The summed E-state index contributed by atoms with van der Waals surface area (Å²) in [6.45, 7) is 4.26. The predicted octanol–water partition coefficient (Wildman–Crippen LogP) is 2.74. The van der Waals surface area contributed by atoms with Gasteiger partial charge in [0.25, 0.3) is 0 Å². The summed E-state index contributed by atoms with van der Waals surface area (Å²) in [6, 6.07) is 5.83. The molecule has 0 heterocycles. The van der Waals surface area contributed by atoms with Crippen molar-refractivity contribution < 1.29 is 9.53 Å². The van der Waals surface area contributed by atoms with E-state index in [0.29, 0.717) is 0 Å².